The second-order valence-corrected chi connectivity index (χ2v) is 13.7. The van der Waals surface area contributed by atoms with E-state index in [9.17, 15) is 14.7 Å². The van der Waals surface area contributed by atoms with Crippen LogP contribution in [0, 0.1) is 0 Å². The van der Waals surface area contributed by atoms with Crippen LogP contribution in [0.3, 0.4) is 0 Å². The number of quaternary nitrogens is 2. The summed E-state index contributed by atoms with van der Waals surface area (Å²) in [6.07, 6.45) is 1.72. The van der Waals surface area contributed by atoms with E-state index < -0.39 is 5.97 Å². The van der Waals surface area contributed by atoms with Crippen molar-refractivity contribution in [3.63, 3.8) is 0 Å². The molecule has 306 valence electrons. The van der Waals surface area contributed by atoms with Gasteiger partial charge in [-0.1, -0.05) is 92.9 Å². The summed E-state index contributed by atoms with van der Waals surface area (Å²) < 4.78 is 27.5. The van der Waals surface area contributed by atoms with Gasteiger partial charge in [-0.05, 0) is 35.4 Å². The Bertz CT molecular complexity index is 1720. The van der Waals surface area contributed by atoms with Gasteiger partial charge >= 0.3 is 5.97 Å². The fourth-order valence-corrected chi connectivity index (χ4v) is 7.26. The number of nitrogens with zero attached hydrogens (tertiary/aromatic N) is 1. The van der Waals surface area contributed by atoms with Crippen molar-refractivity contribution in [3.8, 4) is 23.0 Å². The third-order valence-corrected chi connectivity index (χ3v) is 9.97. The number of ether oxygens (including phenoxy) is 4. The second-order valence-electron chi connectivity index (χ2n) is 13.0. The van der Waals surface area contributed by atoms with Crippen molar-refractivity contribution in [1.29, 1.82) is 0 Å². The Morgan fingerprint density at radius 3 is 1.39 bits per heavy atom. The zero-order valence-electron chi connectivity index (χ0n) is 34.0. The molecular weight excluding hydrogens is 794 g/mol. The van der Waals surface area contributed by atoms with Crippen LogP contribution in [-0.4, -0.2) is 95.3 Å². The van der Waals surface area contributed by atoms with Gasteiger partial charge in [-0.2, -0.15) is 0 Å². The van der Waals surface area contributed by atoms with E-state index in [1.807, 2.05) is 73.6 Å². The molecule has 14 heteroatoms. The SMILES string of the molecule is CN(C)C=S.COc1cc2c(cc1OC)C(c1ccccc1)[NH+](CC(=O)O)CC2.COc1cc2c(cc1OC)C(c1ccccc1)[NH+](CC(=O)S)CC2.[3H]C.[Cl-].[Cl-]. The zero-order valence-corrected chi connectivity index (χ0v) is 36.2. The van der Waals surface area contributed by atoms with E-state index in [-0.39, 0.29) is 48.6 Å². The van der Waals surface area contributed by atoms with E-state index in [4.69, 9.17) is 20.3 Å². The lowest BCUT2D eigenvalue weighted by molar-refractivity contribution is -0.920. The quantitative estimate of drug-likeness (QED) is 0.103. The number of benzene rings is 4. The first-order valence-electron chi connectivity index (χ1n) is 18.4. The maximum Gasteiger partial charge on any atom is 0.359 e. The highest BCUT2D eigenvalue weighted by molar-refractivity contribution is 7.96. The highest BCUT2D eigenvalue weighted by Crippen LogP contribution is 2.37. The van der Waals surface area contributed by atoms with E-state index in [0.717, 1.165) is 53.5 Å². The fourth-order valence-electron chi connectivity index (χ4n) is 7.05. The van der Waals surface area contributed by atoms with Crippen molar-refractivity contribution in [3.05, 3.63) is 118 Å². The Hall–Kier alpha value is -4.04. The van der Waals surface area contributed by atoms with Gasteiger partial charge < -0.3 is 63.6 Å². The van der Waals surface area contributed by atoms with Crippen LogP contribution in [0.5, 0.6) is 23.0 Å². The number of hydrogen-bond acceptors (Lipinski definition) is 7. The van der Waals surface area contributed by atoms with Crippen LogP contribution in [-0.2, 0) is 22.4 Å². The van der Waals surface area contributed by atoms with Crippen LogP contribution in [0.15, 0.2) is 84.9 Å². The average Bonchev–Trinajstić information content (AvgIpc) is 3.21. The first kappa shape index (κ1) is 48.1. The Labute approximate surface area is 356 Å². The van der Waals surface area contributed by atoms with Gasteiger partial charge in [0.25, 0.3) is 0 Å². The summed E-state index contributed by atoms with van der Waals surface area (Å²) in [5, 5.41) is 9.21. The highest BCUT2D eigenvalue weighted by atomic mass is 35.5. The molecule has 0 spiro atoms. The molecule has 0 bridgehead atoms. The minimum atomic E-state index is -0.783. The third-order valence-electron chi connectivity index (χ3n) is 9.39. The summed E-state index contributed by atoms with van der Waals surface area (Å²) in [5.41, 5.74) is 8.63. The molecule has 0 amide bonds. The van der Waals surface area contributed by atoms with E-state index in [1.54, 1.807) is 33.9 Å². The van der Waals surface area contributed by atoms with Gasteiger partial charge in [0.2, 0.25) is 5.12 Å². The van der Waals surface area contributed by atoms with Gasteiger partial charge in [-0.3, -0.25) is 4.79 Å². The minimum Gasteiger partial charge on any atom is -1.00 e. The molecular formula is C42H55Cl2N3O7S2. The molecule has 4 aromatic rings. The number of halogens is 2. The molecule has 3 N–H and O–H groups in total. The molecule has 6 rings (SSSR count). The molecule has 56 heavy (non-hydrogen) atoms. The van der Waals surface area contributed by atoms with E-state index in [0.29, 0.717) is 18.0 Å². The highest BCUT2D eigenvalue weighted by Gasteiger charge is 2.36. The smallest absolute Gasteiger partial charge is 0.359 e. The number of hydrogen-bond donors (Lipinski definition) is 4. The molecule has 4 unspecified atom stereocenters. The monoisotopic (exact) mass is 849 g/mol. The van der Waals surface area contributed by atoms with Crippen molar-refractivity contribution in [2.24, 2.45) is 0 Å². The standard InChI is InChI=1S/C19H21NO4.C19H21NO3S.C3H7NS.CH4.2ClH/c1-23-16-10-14-8-9-20(12-18(21)22)19(13-6-4-3-5-7-13)15(14)11-17(16)24-2;1-22-16-10-14-8-9-20(12-18(21)24)19(13-6-4-3-5-7-13)15(14)11-17(16)23-2;1-4(2)3-5;;;/h3-7,10-11,19H,8-9,12H2,1-2H3,(H,21,22);3-7,10-11,19H,8-9,12H2,1-2H3,(H,21,24);3H,1-2H3;1H4;2*1H/i;;;1T;;. The van der Waals surface area contributed by atoms with Crippen molar-refractivity contribution in [2.75, 3.05) is 68.7 Å². The normalized spacial score (nSPS) is 17.4. The zero-order chi connectivity index (χ0) is 40.5. The number of carboxylic acid groups (broad SMARTS) is 1. The topological polar surface area (TPSA) is 103 Å². The lowest BCUT2D eigenvalue weighted by Gasteiger charge is -2.34. The van der Waals surface area contributed by atoms with E-state index >= 15 is 0 Å². The van der Waals surface area contributed by atoms with E-state index in [1.165, 1.54) is 34.6 Å². The van der Waals surface area contributed by atoms with Crippen molar-refractivity contribution < 1.29 is 69.6 Å². The Morgan fingerprint density at radius 1 is 0.750 bits per heavy atom. The Balaban J connectivity index is 0.000000476. The molecule has 0 radical (unpaired) electrons. The van der Waals surface area contributed by atoms with Crippen LogP contribution in [0.25, 0.3) is 0 Å². The summed E-state index contributed by atoms with van der Waals surface area (Å²) in [6, 6.07) is 28.5. The van der Waals surface area contributed by atoms with Gasteiger partial charge in [0.1, 0.15) is 18.6 Å². The largest absolute Gasteiger partial charge is 1.00 e. The van der Waals surface area contributed by atoms with Crippen molar-refractivity contribution in [1.82, 2.24) is 4.90 Å². The maximum atomic E-state index is 11.6. The molecule has 2 aliphatic rings. The summed E-state index contributed by atoms with van der Waals surface area (Å²) in [7, 11) is 11.6. The maximum absolute atomic E-state index is 11.6. The fraction of sp³-hybridized carbons (Fsp3) is 0.357. The predicted molar refractivity (Wildman–Crippen MR) is 220 cm³/mol. The Kier molecular flexibility index (Phi) is 21.1. The summed E-state index contributed by atoms with van der Waals surface area (Å²) >= 11 is 8.47. The summed E-state index contributed by atoms with van der Waals surface area (Å²) in [5.74, 6) is 2.07. The predicted octanol–water partition coefficient (Wildman–Crippen LogP) is -1.84. The lowest BCUT2D eigenvalue weighted by atomic mass is 9.87. The number of carbonyl (C=O) groups is 2. The molecule has 2 heterocycles. The number of thiol groups is 1. The number of rotatable bonds is 11. The average molecular weight is 851 g/mol. The summed E-state index contributed by atoms with van der Waals surface area (Å²) in [6.45, 7) is 2.15. The van der Waals surface area contributed by atoms with E-state index in [2.05, 4.69) is 55.2 Å². The number of carboxylic acids is 1. The molecule has 10 nitrogen and oxygen atoms in total. The molecule has 2 aliphatic heterocycles. The van der Waals surface area contributed by atoms with Crippen LogP contribution in [0.2, 0.25) is 0 Å². The number of methoxy groups -OCH3 is 4. The van der Waals surface area contributed by atoms with Gasteiger partial charge in [-0.15, -0.1) is 0 Å². The number of nitrogens with one attached hydrogen (secondary N) is 2. The summed E-state index contributed by atoms with van der Waals surface area (Å²) in [4.78, 5) is 27.0. The van der Waals surface area contributed by atoms with Gasteiger partial charge in [-0.25, -0.2) is 4.79 Å². The third kappa shape index (κ3) is 13.0. The molecule has 4 atom stereocenters. The van der Waals surface area contributed by atoms with Gasteiger partial charge in [0.05, 0.1) is 47.0 Å². The van der Waals surface area contributed by atoms with Crippen LogP contribution < -0.4 is 53.6 Å². The number of aliphatic carboxylic acids is 1. The first-order valence-corrected chi connectivity index (χ1v) is 18.3. The number of thiocarbonyl (C=S) groups is 1. The van der Waals surface area contributed by atoms with Gasteiger partial charge in [0.15, 0.2) is 29.5 Å². The number of fused-ring (bicyclic) bond motifs is 2. The second kappa shape index (κ2) is 24.6. The first-order chi connectivity index (χ1) is 26.5. The van der Waals surface area contributed by atoms with Crippen molar-refractivity contribution in [2.45, 2.75) is 32.3 Å². The molecule has 0 aromatic heterocycles. The molecule has 0 saturated carbocycles. The molecule has 4 aromatic carbocycles. The van der Waals surface area contributed by atoms with Crippen LogP contribution in [0.1, 0.15) is 54.2 Å². The minimum absolute atomic E-state index is 0. The number of carbonyl (C=O) groups excluding carboxylic acids is 1. The molecule has 0 aliphatic carbocycles. The van der Waals surface area contributed by atoms with Crippen molar-refractivity contribution >= 4 is 41.4 Å². The van der Waals surface area contributed by atoms with Crippen LogP contribution in [0.4, 0.5) is 0 Å². The molecule has 0 saturated heterocycles. The van der Waals surface area contributed by atoms with Crippen LogP contribution >= 0.6 is 24.8 Å². The molecule has 0 fully saturated rings. The van der Waals surface area contributed by atoms with Gasteiger partial charge in [0, 0.05) is 50.6 Å². The Morgan fingerprint density at radius 2 is 1.09 bits per heavy atom. The lowest BCUT2D eigenvalue weighted by Crippen LogP contribution is -3.14.